The van der Waals surface area contributed by atoms with Gasteiger partial charge in [0.2, 0.25) is 10.0 Å². The Morgan fingerprint density at radius 2 is 2.06 bits per heavy atom. The Morgan fingerprint density at radius 3 is 2.56 bits per heavy atom. The second kappa shape index (κ2) is 6.01. The zero-order chi connectivity index (χ0) is 13.9. The van der Waals surface area contributed by atoms with Gasteiger partial charge in [-0.2, -0.15) is 4.31 Å². The minimum atomic E-state index is -3.67. The first kappa shape index (κ1) is 15.4. The Balaban J connectivity index is 3.30. The van der Waals surface area contributed by atoms with Crippen LogP contribution in [0.5, 0.6) is 0 Å². The molecule has 7 heteroatoms. The van der Waals surface area contributed by atoms with Crippen molar-refractivity contribution < 1.29 is 13.5 Å². The molecule has 0 spiro atoms. The summed E-state index contributed by atoms with van der Waals surface area (Å²) < 4.78 is 26.6. The van der Waals surface area contributed by atoms with Crippen LogP contribution in [0.3, 0.4) is 0 Å². The SMILES string of the molecule is CC(C)N(CCO)S(=O)(=O)c1cc(N)ccc1Br. The molecule has 5 nitrogen and oxygen atoms in total. The molecule has 0 aromatic heterocycles. The predicted molar refractivity (Wildman–Crippen MR) is 74.7 cm³/mol. The maximum Gasteiger partial charge on any atom is 0.244 e. The maximum absolute atomic E-state index is 12.5. The van der Waals surface area contributed by atoms with E-state index in [1.807, 2.05) is 0 Å². The molecule has 0 radical (unpaired) electrons. The zero-order valence-electron chi connectivity index (χ0n) is 10.3. The van der Waals surface area contributed by atoms with E-state index in [2.05, 4.69) is 15.9 Å². The van der Waals surface area contributed by atoms with Crippen molar-refractivity contribution in [3.8, 4) is 0 Å². The van der Waals surface area contributed by atoms with E-state index in [0.717, 1.165) is 0 Å². The van der Waals surface area contributed by atoms with Gasteiger partial charge in [-0.25, -0.2) is 8.42 Å². The normalized spacial score (nSPS) is 12.3. The fourth-order valence-electron chi connectivity index (χ4n) is 1.60. The molecule has 0 heterocycles. The molecule has 0 atom stereocenters. The summed E-state index contributed by atoms with van der Waals surface area (Å²) >= 11 is 3.21. The summed E-state index contributed by atoms with van der Waals surface area (Å²) in [7, 11) is -3.67. The molecule has 1 aromatic carbocycles. The lowest BCUT2D eigenvalue weighted by Gasteiger charge is -2.25. The van der Waals surface area contributed by atoms with Crippen molar-refractivity contribution in [3.05, 3.63) is 22.7 Å². The Bertz CT molecular complexity index is 517. The van der Waals surface area contributed by atoms with Crippen molar-refractivity contribution >= 4 is 31.6 Å². The van der Waals surface area contributed by atoms with Crippen LogP contribution in [-0.2, 0) is 10.0 Å². The second-order valence-corrected chi connectivity index (χ2v) is 6.84. The highest BCUT2D eigenvalue weighted by atomic mass is 79.9. The summed E-state index contributed by atoms with van der Waals surface area (Å²) in [5.41, 5.74) is 6.00. The van der Waals surface area contributed by atoms with Gasteiger partial charge in [0.1, 0.15) is 0 Å². The third-order valence-electron chi connectivity index (χ3n) is 2.44. The van der Waals surface area contributed by atoms with Crippen LogP contribution in [0, 0.1) is 0 Å². The third-order valence-corrected chi connectivity index (χ3v) is 5.51. The van der Waals surface area contributed by atoms with Gasteiger partial charge in [0, 0.05) is 22.7 Å². The van der Waals surface area contributed by atoms with Gasteiger partial charge in [-0.1, -0.05) is 0 Å². The molecule has 1 aromatic rings. The largest absolute Gasteiger partial charge is 0.399 e. The first-order chi connectivity index (χ1) is 8.30. The molecule has 0 bridgehead atoms. The number of rotatable bonds is 5. The maximum atomic E-state index is 12.5. The van der Waals surface area contributed by atoms with Crippen LogP contribution in [0.4, 0.5) is 5.69 Å². The highest BCUT2D eigenvalue weighted by Gasteiger charge is 2.28. The van der Waals surface area contributed by atoms with E-state index in [9.17, 15) is 8.42 Å². The molecular weight excluding hydrogens is 320 g/mol. The molecule has 0 unspecified atom stereocenters. The molecule has 0 fully saturated rings. The van der Waals surface area contributed by atoms with Gasteiger partial charge < -0.3 is 10.8 Å². The van der Waals surface area contributed by atoms with Gasteiger partial charge >= 0.3 is 0 Å². The second-order valence-electron chi connectivity index (χ2n) is 4.12. The Kier molecular flexibility index (Phi) is 5.15. The van der Waals surface area contributed by atoms with Crippen LogP contribution in [0.15, 0.2) is 27.6 Å². The Labute approximate surface area is 116 Å². The van der Waals surface area contributed by atoms with Crippen molar-refractivity contribution in [1.82, 2.24) is 4.31 Å². The fraction of sp³-hybridized carbons (Fsp3) is 0.455. The van der Waals surface area contributed by atoms with Crippen LogP contribution in [-0.4, -0.2) is 37.0 Å². The van der Waals surface area contributed by atoms with Gasteiger partial charge in [0.15, 0.2) is 0 Å². The number of aliphatic hydroxyl groups is 1. The number of halogens is 1. The number of benzene rings is 1. The van der Waals surface area contributed by atoms with Gasteiger partial charge in [0.25, 0.3) is 0 Å². The Morgan fingerprint density at radius 1 is 1.44 bits per heavy atom. The van der Waals surface area contributed by atoms with E-state index in [0.29, 0.717) is 10.2 Å². The number of nitrogen functional groups attached to an aromatic ring is 1. The number of sulfonamides is 1. The predicted octanol–water partition coefficient (Wildman–Crippen LogP) is 1.42. The summed E-state index contributed by atoms with van der Waals surface area (Å²) in [5, 5.41) is 8.98. The van der Waals surface area contributed by atoms with Crippen LogP contribution < -0.4 is 5.73 Å². The van der Waals surface area contributed by atoms with E-state index in [1.54, 1.807) is 26.0 Å². The average Bonchev–Trinajstić information content (AvgIpc) is 2.28. The molecule has 3 N–H and O–H groups in total. The molecule has 0 saturated carbocycles. The van der Waals surface area contributed by atoms with Crippen molar-refractivity contribution in [1.29, 1.82) is 0 Å². The third kappa shape index (κ3) is 3.23. The quantitative estimate of drug-likeness (QED) is 0.796. The lowest BCUT2D eigenvalue weighted by atomic mass is 10.3. The van der Waals surface area contributed by atoms with Crippen molar-refractivity contribution in [3.63, 3.8) is 0 Å². The van der Waals surface area contributed by atoms with E-state index >= 15 is 0 Å². The molecule has 0 amide bonds. The van der Waals surface area contributed by atoms with Crippen LogP contribution in [0.2, 0.25) is 0 Å². The number of hydrogen-bond acceptors (Lipinski definition) is 4. The zero-order valence-corrected chi connectivity index (χ0v) is 12.7. The van der Waals surface area contributed by atoms with E-state index in [4.69, 9.17) is 10.8 Å². The van der Waals surface area contributed by atoms with Crippen LogP contribution >= 0.6 is 15.9 Å². The summed E-state index contributed by atoms with van der Waals surface area (Å²) in [4.78, 5) is 0.115. The monoisotopic (exact) mass is 336 g/mol. The summed E-state index contributed by atoms with van der Waals surface area (Å²) in [5.74, 6) is 0. The molecule has 1 rings (SSSR count). The molecule has 102 valence electrons. The van der Waals surface area contributed by atoms with Gasteiger partial charge in [-0.3, -0.25) is 0 Å². The molecular formula is C11H17BrN2O3S. The van der Waals surface area contributed by atoms with Crippen molar-refractivity contribution in [2.24, 2.45) is 0 Å². The summed E-state index contributed by atoms with van der Waals surface area (Å²) in [6.45, 7) is 3.35. The standard InChI is InChI=1S/C11H17BrN2O3S/c1-8(2)14(5-6-15)18(16,17)11-7-9(13)3-4-10(11)12/h3-4,7-8,15H,5-6,13H2,1-2H3. The molecule has 0 saturated heterocycles. The molecule has 0 aliphatic carbocycles. The van der Waals surface area contributed by atoms with Gasteiger partial charge in [0.05, 0.1) is 11.5 Å². The lowest BCUT2D eigenvalue weighted by Crippen LogP contribution is -2.39. The van der Waals surface area contributed by atoms with Crippen molar-refractivity contribution in [2.75, 3.05) is 18.9 Å². The minimum Gasteiger partial charge on any atom is -0.399 e. The first-order valence-corrected chi connectivity index (χ1v) is 7.71. The number of nitrogens with zero attached hydrogens (tertiary/aromatic N) is 1. The van der Waals surface area contributed by atoms with Crippen LogP contribution in [0.1, 0.15) is 13.8 Å². The highest BCUT2D eigenvalue weighted by molar-refractivity contribution is 9.10. The topological polar surface area (TPSA) is 83.6 Å². The summed E-state index contributed by atoms with van der Waals surface area (Å²) in [6.07, 6.45) is 0. The summed E-state index contributed by atoms with van der Waals surface area (Å²) in [6, 6.07) is 4.39. The number of nitrogens with two attached hydrogens (primary N) is 1. The Hall–Kier alpha value is -0.630. The average molecular weight is 337 g/mol. The molecule has 18 heavy (non-hydrogen) atoms. The molecule has 0 aliphatic heterocycles. The van der Waals surface area contributed by atoms with E-state index in [-0.39, 0.29) is 24.1 Å². The van der Waals surface area contributed by atoms with E-state index in [1.165, 1.54) is 10.4 Å². The number of anilines is 1. The van der Waals surface area contributed by atoms with Gasteiger partial charge in [-0.15, -0.1) is 0 Å². The number of aliphatic hydroxyl groups excluding tert-OH is 1. The first-order valence-electron chi connectivity index (χ1n) is 5.48. The van der Waals surface area contributed by atoms with E-state index < -0.39 is 10.0 Å². The van der Waals surface area contributed by atoms with Crippen molar-refractivity contribution in [2.45, 2.75) is 24.8 Å². The lowest BCUT2D eigenvalue weighted by molar-refractivity contribution is 0.236. The fourth-order valence-corrected chi connectivity index (χ4v) is 4.19. The smallest absolute Gasteiger partial charge is 0.244 e. The minimum absolute atomic E-state index is 0.0568. The molecule has 0 aliphatic rings. The van der Waals surface area contributed by atoms with Gasteiger partial charge in [-0.05, 0) is 48.0 Å². The number of hydrogen-bond donors (Lipinski definition) is 2. The van der Waals surface area contributed by atoms with Crippen LogP contribution in [0.25, 0.3) is 0 Å². The highest BCUT2D eigenvalue weighted by Crippen LogP contribution is 2.27.